The number of rotatable bonds is 11. The van der Waals surface area contributed by atoms with Gasteiger partial charge in [0, 0.05) is 63.0 Å². The molecule has 0 unspecified atom stereocenters. The van der Waals surface area contributed by atoms with Crippen molar-refractivity contribution in [2.75, 3.05) is 13.2 Å². The van der Waals surface area contributed by atoms with Gasteiger partial charge in [0.2, 0.25) is 0 Å². The maximum Gasteiger partial charge on any atom is 0.251 e. The number of H-pyrrole nitrogens is 2. The van der Waals surface area contributed by atoms with Crippen molar-refractivity contribution in [2.24, 2.45) is 0 Å². The highest BCUT2D eigenvalue weighted by atomic mass is 16.3. The molecule has 0 fully saturated rings. The smallest absolute Gasteiger partial charge is 0.251 e. The van der Waals surface area contributed by atoms with E-state index in [0.29, 0.717) is 12.1 Å². The van der Waals surface area contributed by atoms with Gasteiger partial charge >= 0.3 is 0 Å². The number of aromatic nitrogens is 4. The summed E-state index contributed by atoms with van der Waals surface area (Å²) < 4.78 is 0. The summed E-state index contributed by atoms with van der Waals surface area (Å²) in [6, 6.07) is 47.5. The van der Waals surface area contributed by atoms with E-state index in [1.807, 2.05) is 42.5 Å². The van der Waals surface area contributed by atoms with E-state index < -0.39 is 0 Å². The number of unbranched alkanes of at least 4 members (excludes halogenated alkanes) is 3. The largest absolute Gasteiger partial charge is 0.396 e. The van der Waals surface area contributed by atoms with Crippen LogP contribution in [0.15, 0.2) is 140 Å². The summed E-state index contributed by atoms with van der Waals surface area (Å²) in [4.78, 5) is 31.5. The summed E-state index contributed by atoms with van der Waals surface area (Å²) in [5.41, 5.74) is 15.7. The van der Waals surface area contributed by atoms with Crippen LogP contribution in [-0.4, -0.2) is 44.1 Å². The van der Waals surface area contributed by atoms with Crippen molar-refractivity contribution < 1.29 is 9.90 Å². The van der Waals surface area contributed by atoms with E-state index in [1.165, 1.54) is 0 Å². The molecule has 0 spiro atoms. The van der Waals surface area contributed by atoms with Crippen LogP contribution in [0.25, 0.3) is 90.9 Å². The first-order valence-electron chi connectivity index (χ1n) is 20.0. The molecule has 3 aromatic heterocycles. The van der Waals surface area contributed by atoms with Crippen molar-refractivity contribution in [3.05, 3.63) is 168 Å². The minimum atomic E-state index is -0.101. The third-order valence-corrected chi connectivity index (χ3v) is 10.7. The van der Waals surface area contributed by atoms with Crippen molar-refractivity contribution in [3.8, 4) is 44.5 Å². The highest BCUT2D eigenvalue weighted by Gasteiger charge is 2.19. The Labute approximate surface area is 337 Å². The first-order valence-corrected chi connectivity index (χ1v) is 20.0. The second kappa shape index (κ2) is 16.6. The Morgan fingerprint density at radius 3 is 1.19 bits per heavy atom. The topological polar surface area (TPSA) is 107 Å². The molecule has 0 atom stereocenters. The fraction of sp³-hybridized carbons (Fsp3) is 0.118. The van der Waals surface area contributed by atoms with Crippen LogP contribution in [0.3, 0.4) is 0 Å². The van der Waals surface area contributed by atoms with Crippen LogP contribution >= 0.6 is 0 Å². The molecule has 2 aliphatic rings. The zero-order valence-electron chi connectivity index (χ0n) is 32.1. The molecule has 2 aliphatic heterocycles. The van der Waals surface area contributed by atoms with E-state index in [2.05, 4.69) is 137 Å². The monoisotopic (exact) mass is 757 g/mol. The van der Waals surface area contributed by atoms with Crippen LogP contribution in [0, 0.1) is 0 Å². The molecule has 9 rings (SSSR count). The molecule has 4 aromatic carbocycles. The van der Waals surface area contributed by atoms with Crippen LogP contribution in [0.4, 0.5) is 0 Å². The summed E-state index contributed by atoms with van der Waals surface area (Å²) in [7, 11) is 0. The fourth-order valence-electron chi connectivity index (χ4n) is 7.92. The quantitative estimate of drug-likeness (QED) is 0.0986. The van der Waals surface area contributed by atoms with Gasteiger partial charge in [0.1, 0.15) is 0 Å². The van der Waals surface area contributed by atoms with Crippen molar-refractivity contribution in [2.45, 2.75) is 25.7 Å². The van der Waals surface area contributed by atoms with Gasteiger partial charge < -0.3 is 20.4 Å². The first kappa shape index (κ1) is 36.5. The van der Waals surface area contributed by atoms with Gasteiger partial charge in [-0.3, -0.25) is 4.79 Å². The molecule has 7 nitrogen and oxygen atoms in total. The zero-order valence-corrected chi connectivity index (χ0v) is 32.1. The molecule has 58 heavy (non-hydrogen) atoms. The van der Waals surface area contributed by atoms with Gasteiger partial charge in [0.15, 0.2) is 0 Å². The molecular weight excluding hydrogens is 715 g/mol. The molecule has 0 saturated heterocycles. The summed E-state index contributed by atoms with van der Waals surface area (Å²) in [5.74, 6) is -0.101. The Bertz CT molecular complexity index is 2780. The molecular formula is C51H43N5O2. The lowest BCUT2D eigenvalue weighted by molar-refractivity contribution is 0.0953. The molecule has 5 heterocycles. The van der Waals surface area contributed by atoms with Gasteiger partial charge in [-0.25, -0.2) is 9.97 Å². The summed E-state index contributed by atoms with van der Waals surface area (Å²) in [6.07, 6.45) is 12.0. The molecule has 7 aromatic rings. The predicted octanol–water partition coefficient (Wildman–Crippen LogP) is 11.6. The minimum absolute atomic E-state index is 0.101. The van der Waals surface area contributed by atoms with Crippen LogP contribution in [0.5, 0.6) is 0 Å². The number of fused-ring (bicyclic) bond motifs is 8. The van der Waals surface area contributed by atoms with E-state index in [4.69, 9.17) is 15.1 Å². The molecule has 0 aliphatic carbocycles. The zero-order chi connectivity index (χ0) is 39.3. The number of hydrogen-bond donors (Lipinski definition) is 4. The highest BCUT2D eigenvalue weighted by molar-refractivity contribution is 6.00. The Morgan fingerprint density at radius 1 is 0.448 bits per heavy atom. The van der Waals surface area contributed by atoms with Crippen molar-refractivity contribution in [1.29, 1.82) is 0 Å². The molecule has 0 saturated carbocycles. The Hall–Kier alpha value is -7.09. The predicted molar refractivity (Wildman–Crippen MR) is 238 cm³/mol. The average molecular weight is 758 g/mol. The van der Waals surface area contributed by atoms with E-state index in [0.717, 1.165) is 115 Å². The van der Waals surface area contributed by atoms with Gasteiger partial charge in [0.25, 0.3) is 5.91 Å². The van der Waals surface area contributed by atoms with E-state index in [9.17, 15) is 4.79 Å². The third-order valence-electron chi connectivity index (χ3n) is 10.7. The van der Waals surface area contributed by atoms with E-state index in [1.54, 1.807) is 0 Å². The lowest BCUT2D eigenvalue weighted by Gasteiger charge is -2.08. The van der Waals surface area contributed by atoms with E-state index in [-0.39, 0.29) is 12.5 Å². The Kier molecular flexibility index (Phi) is 10.4. The first-order chi connectivity index (χ1) is 28.6. The van der Waals surface area contributed by atoms with Gasteiger partial charge in [0.05, 0.1) is 22.8 Å². The average Bonchev–Trinajstić information content (AvgIpc) is 4.12. The fourth-order valence-corrected chi connectivity index (χ4v) is 7.92. The standard InChI is InChI=1S/C51H43N5O2/c57-33-13-2-1-12-32-52-51(58)38-22-20-37(21-23-38)50-45-30-28-43(55-45)48(35-16-8-4-9-17-35)41-26-24-39(53-41)47(34-14-6-3-7-15-34)40-25-27-42(54-40)49(36-18-10-5-11-19-36)44-29-31-46(50)56-44/h3-11,14-31,53,56-57H,1-2,12-13,32-33H2,(H,52,58). The van der Waals surface area contributed by atoms with Crippen LogP contribution in [-0.2, 0) is 0 Å². The Balaban J connectivity index is 1.29. The number of aliphatic hydroxyl groups excluding tert-OH is 1. The van der Waals surface area contributed by atoms with E-state index >= 15 is 0 Å². The number of hydrogen-bond acceptors (Lipinski definition) is 4. The molecule has 284 valence electrons. The van der Waals surface area contributed by atoms with Crippen LogP contribution in [0.2, 0.25) is 0 Å². The highest BCUT2D eigenvalue weighted by Crippen LogP contribution is 2.38. The summed E-state index contributed by atoms with van der Waals surface area (Å²) in [6.45, 7) is 0.805. The maximum atomic E-state index is 13.1. The molecule has 4 N–H and O–H groups in total. The number of carbonyl (C=O) groups excluding carboxylic acids is 1. The molecule has 0 radical (unpaired) electrons. The van der Waals surface area contributed by atoms with Crippen molar-refractivity contribution in [1.82, 2.24) is 25.3 Å². The van der Waals surface area contributed by atoms with Crippen LogP contribution < -0.4 is 5.32 Å². The molecule has 1 amide bonds. The summed E-state index contributed by atoms with van der Waals surface area (Å²) in [5, 5.41) is 12.1. The number of amides is 1. The van der Waals surface area contributed by atoms with Crippen molar-refractivity contribution >= 4 is 52.3 Å². The minimum Gasteiger partial charge on any atom is -0.396 e. The summed E-state index contributed by atoms with van der Waals surface area (Å²) >= 11 is 0. The SMILES string of the molecule is O=C(NCCCCCCO)c1ccc(-c2c3nc(c(-c4ccccc4)c4ccc([nH]4)c(-c4ccccc4)c4nc(c(-c5ccccc5)c5ccc2[nH]5)C=C4)C=C3)cc1. The van der Waals surface area contributed by atoms with Crippen molar-refractivity contribution in [3.63, 3.8) is 0 Å². The second-order valence-electron chi connectivity index (χ2n) is 14.6. The third kappa shape index (κ3) is 7.43. The lowest BCUT2D eigenvalue weighted by Crippen LogP contribution is -2.24. The van der Waals surface area contributed by atoms with Gasteiger partial charge in [-0.15, -0.1) is 0 Å². The molecule has 8 bridgehead atoms. The lowest BCUT2D eigenvalue weighted by atomic mass is 10.0. The number of aliphatic hydroxyl groups is 1. The number of benzene rings is 4. The number of nitrogens with zero attached hydrogens (tertiary/aromatic N) is 2. The second-order valence-corrected chi connectivity index (χ2v) is 14.6. The molecule has 7 heteroatoms. The maximum absolute atomic E-state index is 13.1. The normalized spacial score (nSPS) is 11.9. The van der Waals surface area contributed by atoms with Gasteiger partial charge in [-0.1, -0.05) is 116 Å². The number of carbonyl (C=O) groups is 1. The number of aromatic amines is 2. The van der Waals surface area contributed by atoms with Crippen LogP contribution in [0.1, 0.15) is 58.8 Å². The Morgan fingerprint density at radius 2 is 0.810 bits per heavy atom. The van der Waals surface area contributed by atoms with Gasteiger partial charge in [-0.05, 0) is 95.8 Å². The number of nitrogens with one attached hydrogen (secondary N) is 3. The van der Waals surface area contributed by atoms with Gasteiger partial charge in [-0.2, -0.15) is 0 Å².